The first-order valence-corrected chi connectivity index (χ1v) is 5.56. The highest BCUT2D eigenvalue weighted by atomic mass is 16.5. The third kappa shape index (κ3) is 4.00. The average Bonchev–Trinajstić information content (AvgIpc) is 2.51. The molecule has 0 saturated heterocycles. The zero-order valence-corrected chi connectivity index (χ0v) is 10.0. The van der Waals surface area contributed by atoms with Gasteiger partial charge in [0.15, 0.2) is 5.82 Å². The van der Waals surface area contributed by atoms with Crippen molar-refractivity contribution in [1.29, 1.82) is 0 Å². The molecule has 0 amide bonds. The van der Waals surface area contributed by atoms with E-state index in [4.69, 9.17) is 10.3 Å². The van der Waals surface area contributed by atoms with Gasteiger partial charge >= 0.3 is 0 Å². The highest BCUT2D eigenvalue weighted by molar-refractivity contribution is 4.90. The van der Waals surface area contributed by atoms with Crippen LogP contribution in [0.3, 0.4) is 0 Å². The fraction of sp³-hybridized carbons (Fsp3) is 0.818. The van der Waals surface area contributed by atoms with Gasteiger partial charge in [-0.3, -0.25) is 0 Å². The molecule has 15 heavy (non-hydrogen) atoms. The Balaban J connectivity index is 2.53. The van der Waals surface area contributed by atoms with E-state index in [0.717, 1.165) is 12.2 Å². The smallest absolute Gasteiger partial charge is 0.228 e. The second kappa shape index (κ2) is 5.26. The van der Waals surface area contributed by atoms with E-state index in [9.17, 15) is 0 Å². The molecule has 4 nitrogen and oxygen atoms in total. The molecule has 4 heteroatoms. The fourth-order valence-electron chi connectivity index (χ4n) is 1.26. The molecule has 1 rings (SSSR count). The number of aromatic nitrogens is 2. The summed E-state index contributed by atoms with van der Waals surface area (Å²) >= 11 is 0. The lowest BCUT2D eigenvalue weighted by Crippen LogP contribution is -2.28. The van der Waals surface area contributed by atoms with Gasteiger partial charge in [0.2, 0.25) is 5.89 Å². The van der Waals surface area contributed by atoms with Gasteiger partial charge in [-0.2, -0.15) is 4.98 Å². The van der Waals surface area contributed by atoms with Crippen molar-refractivity contribution in [3.8, 4) is 0 Å². The van der Waals surface area contributed by atoms with Crippen molar-refractivity contribution in [3.63, 3.8) is 0 Å². The lowest BCUT2D eigenvalue weighted by atomic mass is 10.0. The summed E-state index contributed by atoms with van der Waals surface area (Å²) < 4.78 is 5.15. The molecule has 0 aliphatic rings. The maximum absolute atomic E-state index is 5.93. The Morgan fingerprint density at radius 3 is 2.40 bits per heavy atom. The highest BCUT2D eigenvalue weighted by Gasteiger charge is 2.14. The van der Waals surface area contributed by atoms with Gasteiger partial charge in [-0.25, -0.2) is 0 Å². The second-order valence-electron chi connectivity index (χ2n) is 4.81. The van der Waals surface area contributed by atoms with Crippen molar-refractivity contribution in [2.45, 2.75) is 46.6 Å². The van der Waals surface area contributed by atoms with Crippen LogP contribution >= 0.6 is 0 Å². The first-order valence-electron chi connectivity index (χ1n) is 5.56. The molecular weight excluding hydrogens is 190 g/mol. The van der Waals surface area contributed by atoms with E-state index in [1.54, 1.807) is 0 Å². The van der Waals surface area contributed by atoms with Gasteiger partial charge in [-0.05, 0) is 11.8 Å². The Morgan fingerprint density at radius 1 is 1.20 bits per heavy atom. The van der Waals surface area contributed by atoms with Gasteiger partial charge in [-0.1, -0.05) is 32.9 Å². The van der Waals surface area contributed by atoms with E-state index in [0.29, 0.717) is 24.1 Å². The molecular formula is C11H21N3O. The quantitative estimate of drug-likeness (QED) is 0.806. The molecule has 0 fully saturated rings. The van der Waals surface area contributed by atoms with Crippen LogP contribution in [0.15, 0.2) is 4.52 Å². The van der Waals surface area contributed by atoms with Crippen LogP contribution in [-0.4, -0.2) is 16.2 Å². The normalized spacial score (nSPS) is 13.8. The second-order valence-corrected chi connectivity index (χ2v) is 4.81. The van der Waals surface area contributed by atoms with Crippen molar-refractivity contribution in [2.75, 3.05) is 0 Å². The van der Waals surface area contributed by atoms with E-state index in [-0.39, 0.29) is 6.04 Å². The van der Waals surface area contributed by atoms with Crippen LogP contribution in [-0.2, 0) is 12.8 Å². The van der Waals surface area contributed by atoms with Crippen molar-refractivity contribution in [3.05, 3.63) is 11.7 Å². The van der Waals surface area contributed by atoms with Gasteiger partial charge in [0.1, 0.15) is 0 Å². The minimum absolute atomic E-state index is 0.0948. The van der Waals surface area contributed by atoms with Crippen molar-refractivity contribution in [2.24, 2.45) is 17.6 Å². The van der Waals surface area contributed by atoms with Crippen LogP contribution in [0, 0.1) is 11.8 Å². The zero-order valence-electron chi connectivity index (χ0n) is 10.0. The first-order chi connectivity index (χ1) is 6.99. The third-order valence-corrected chi connectivity index (χ3v) is 2.37. The SMILES string of the molecule is CC(C)Cc1noc(CC(N)C(C)C)n1. The number of nitrogens with zero attached hydrogens (tertiary/aromatic N) is 2. The topological polar surface area (TPSA) is 64.9 Å². The predicted octanol–water partition coefficient (Wildman–Crippen LogP) is 1.79. The van der Waals surface area contributed by atoms with Crippen LogP contribution in [0.5, 0.6) is 0 Å². The predicted molar refractivity (Wildman–Crippen MR) is 59.4 cm³/mol. The number of hydrogen-bond acceptors (Lipinski definition) is 4. The Labute approximate surface area is 91.2 Å². The lowest BCUT2D eigenvalue weighted by Gasteiger charge is -2.11. The van der Waals surface area contributed by atoms with Crippen LogP contribution in [0.1, 0.15) is 39.4 Å². The summed E-state index contributed by atoms with van der Waals surface area (Å²) in [5, 5.41) is 3.93. The van der Waals surface area contributed by atoms with Gasteiger partial charge in [0.05, 0.1) is 0 Å². The standard InChI is InChI=1S/C11H21N3O/c1-7(2)5-10-13-11(15-14-10)6-9(12)8(3)4/h7-9H,5-6,12H2,1-4H3. The van der Waals surface area contributed by atoms with Gasteiger partial charge in [0.25, 0.3) is 0 Å². The Hall–Kier alpha value is -0.900. The maximum Gasteiger partial charge on any atom is 0.228 e. The van der Waals surface area contributed by atoms with Gasteiger partial charge < -0.3 is 10.3 Å². The van der Waals surface area contributed by atoms with Crippen molar-refractivity contribution in [1.82, 2.24) is 10.1 Å². The van der Waals surface area contributed by atoms with Crippen LogP contribution < -0.4 is 5.73 Å². The minimum atomic E-state index is 0.0948. The largest absolute Gasteiger partial charge is 0.339 e. The van der Waals surface area contributed by atoms with Gasteiger partial charge in [0, 0.05) is 18.9 Å². The van der Waals surface area contributed by atoms with Crippen LogP contribution in [0.25, 0.3) is 0 Å². The maximum atomic E-state index is 5.93. The summed E-state index contributed by atoms with van der Waals surface area (Å²) in [5.74, 6) is 2.43. The third-order valence-electron chi connectivity index (χ3n) is 2.37. The molecule has 0 spiro atoms. The Morgan fingerprint density at radius 2 is 1.87 bits per heavy atom. The highest BCUT2D eigenvalue weighted by Crippen LogP contribution is 2.09. The van der Waals surface area contributed by atoms with Crippen LogP contribution in [0.2, 0.25) is 0 Å². The summed E-state index contributed by atoms with van der Waals surface area (Å²) in [4.78, 5) is 4.31. The zero-order chi connectivity index (χ0) is 11.4. The summed E-state index contributed by atoms with van der Waals surface area (Å²) in [7, 11) is 0. The van der Waals surface area contributed by atoms with E-state index in [2.05, 4.69) is 37.8 Å². The molecule has 2 N–H and O–H groups in total. The molecule has 1 aromatic rings. The Kier molecular flexibility index (Phi) is 4.27. The molecule has 0 bridgehead atoms. The van der Waals surface area contributed by atoms with Crippen molar-refractivity contribution >= 4 is 0 Å². The average molecular weight is 211 g/mol. The van der Waals surface area contributed by atoms with Crippen LogP contribution in [0.4, 0.5) is 0 Å². The molecule has 1 aromatic heterocycles. The fourth-order valence-corrected chi connectivity index (χ4v) is 1.26. The summed E-state index contributed by atoms with van der Waals surface area (Å²) in [5.41, 5.74) is 5.93. The summed E-state index contributed by atoms with van der Waals surface area (Å²) in [6, 6.07) is 0.0948. The van der Waals surface area contributed by atoms with Crippen molar-refractivity contribution < 1.29 is 4.52 Å². The lowest BCUT2D eigenvalue weighted by molar-refractivity contribution is 0.348. The number of rotatable bonds is 5. The summed E-state index contributed by atoms with van der Waals surface area (Å²) in [6.45, 7) is 8.46. The Bertz CT molecular complexity index is 294. The molecule has 0 aliphatic heterocycles. The molecule has 0 aromatic carbocycles. The van der Waals surface area contributed by atoms with E-state index in [1.807, 2.05) is 0 Å². The van der Waals surface area contributed by atoms with Gasteiger partial charge in [-0.15, -0.1) is 0 Å². The molecule has 1 atom stereocenters. The molecule has 86 valence electrons. The minimum Gasteiger partial charge on any atom is -0.339 e. The molecule has 1 unspecified atom stereocenters. The molecule has 0 saturated carbocycles. The van der Waals surface area contributed by atoms with E-state index in [1.165, 1.54) is 0 Å². The monoisotopic (exact) mass is 211 g/mol. The molecule has 0 radical (unpaired) electrons. The van der Waals surface area contributed by atoms with E-state index >= 15 is 0 Å². The van der Waals surface area contributed by atoms with E-state index < -0.39 is 0 Å². The number of hydrogen-bond donors (Lipinski definition) is 1. The molecule has 1 heterocycles. The summed E-state index contributed by atoms with van der Waals surface area (Å²) in [6.07, 6.45) is 1.53. The molecule has 0 aliphatic carbocycles. The number of nitrogens with two attached hydrogens (primary N) is 1. The first kappa shape index (κ1) is 12.2.